The highest BCUT2D eigenvalue weighted by Crippen LogP contribution is 2.24. The van der Waals surface area contributed by atoms with Gasteiger partial charge in [0.2, 0.25) is 0 Å². The fraction of sp³-hybridized carbons (Fsp3) is 0.408. The Morgan fingerprint density at radius 3 is 1.31 bits per heavy atom. The van der Waals surface area contributed by atoms with Crippen LogP contribution in [0, 0.1) is 5.92 Å². The van der Waals surface area contributed by atoms with Gasteiger partial charge in [-0.2, -0.15) is 0 Å². The van der Waals surface area contributed by atoms with Crippen molar-refractivity contribution in [3.63, 3.8) is 0 Å². The lowest BCUT2D eigenvalue weighted by Gasteiger charge is -2.23. The molecule has 20 nitrogen and oxygen atoms in total. The first-order valence-corrected chi connectivity index (χ1v) is 35.5. The van der Waals surface area contributed by atoms with Gasteiger partial charge in [0.1, 0.15) is 19.0 Å². The monoisotopic (exact) mass is 1500 g/mol. The van der Waals surface area contributed by atoms with E-state index in [0.717, 1.165) is 75.2 Å². The molecule has 6 amide bonds. The highest BCUT2D eigenvalue weighted by atomic mass is 127. The first-order valence-electron chi connectivity index (χ1n) is 32.0. The summed E-state index contributed by atoms with van der Waals surface area (Å²) in [6.45, 7) is 10.0. The first-order chi connectivity index (χ1) is 45.8. The van der Waals surface area contributed by atoms with Gasteiger partial charge < -0.3 is 51.4 Å². The number of nitrogens with zero attached hydrogens (tertiary/aromatic N) is 6. The molecule has 4 atom stereocenters. The minimum atomic E-state index is -0.927. The second kappa shape index (κ2) is 44.2. The number of halogens is 1. The van der Waals surface area contributed by atoms with Gasteiger partial charge in [-0.1, -0.05) is 149 Å². The number of nitrogens with two attached hydrogens (primary N) is 1. The molecule has 0 spiro atoms. The molecule has 25 heteroatoms. The standard InChI is InChI=1S/C36H45N5O4S2.C23H27N3O2S.C12H19N3O3S.HI/c1-26(2)34-39-31(24-46-34)22-41(3)35(43)38-17-16-32(42)20-29(18-27-10-6-4-7-11-27)14-15-30(19-28-12-8-5-9-13-28)40-36(44)45-23-33-21-37-25-47-33;24-20(13-18-7-3-1-4-8-18)11-12-21(14-19-9-5-2-6-10-19)26-23(27)28-16-22-15-25-17-29-22;1-8(2)11-14-9(7-19-11)6-15(3)12(18)13-5-4-10(16)17;/h4-13,21,24-26,29-30H,14-20,22-23H2,1-3H3,(H,38,43)(H,40,44);1-10,15,17,20-21H,11-14,16,24H2,(H,26,27);7-8H,4-6H2,1-3H3,(H,13,18)(H,16,17);1H/t29-,30-;20-,21-;;/m11../s1. The molecule has 0 aliphatic carbocycles. The number of hydrogen-bond donors (Lipinski definition) is 6. The van der Waals surface area contributed by atoms with Crippen LogP contribution >= 0.6 is 69.3 Å². The lowest BCUT2D eigenvalue weighted by molar-refractivity contribution is -0.136. The van der Waals surface area contributed by atoms with E-state index in [0.29, 0.717) is 44.2 Å². The van der Waals surface area contributed by atoms with Crippen molar-refractivity contribution in [2.75, 3.05) is 27.2 Å². The van der Waals surface area contributed by atoms with Crippen molar-refractivity contribution in [2.45, 2.75) is 155 Å². The molecule has 516 valence electrons. The number of amides is 6. The molecular formula is C71H92IN11O9S4. The zero-order valence-electron chi connectivity index (χ0n) is 55.5. The number of ether oxygens (including phenoxy) is 2. The van der Waals surface area contributed by atoms with Crippen LogP contribution in [0.15, 0.2) is 156 Å². The van der Waals surface area contributed by atoms with E-state index in [1.54, 1.807) is 65.1 Å². The number of carboxylic acids is 1. The molecule has 0 aliphatic rings. The van der Waals surface area contributed by atoms with Gasteiger partial charge in [0.25, 0.3) is 0 Å². The Labute approximate surface area is 597 Å². The molecule has 0 saturated heterocycles. The number of aliphatic carboxylic acids is 1. The summed E-state index contributed by atoms with van der Waals surface area (Å²) < 4.78 is 10.8. The lowest BCUT2D eigenvalue weighted by Crippen LogP contribution is -2.38. The third-order valence-corrected chi connectivity index (χ3v) is 18.8. The number of Topliss-reactive ketones (excluding diaryl/α,β-unsaturated/α-hetero) is 1. The molecule has 96 heavy (non-hydrogen) atoms. The van der Waals surface area contributed by atoms with E-state index in [4.69, 9.17) is 20.3 Å². The van der Waals surface area contributed by atoms with Crippen molar-refractivity contribution in [1.29, 1.82) is 0 Å². The topological polar surface area (TPSA) is 273 Å². The Morgan fingerprint density at radius 2 is 0.927 bits per heavy atom. The van der Waals surface area contributed by atoms with Crippen LogP contribution < -0.4 is 27.0 Å². The summed E-state index contributed by atoms with van der Waals surface area (Å²) >= 11 is 6.10. The Kier molecular flexibility index (Phi) is 36.4. The fourth-order valence-corrected chi connectivity index (χ4v) is 12.6. The maximum atomic E-state index is 13.2. The van der Waals surface area contributed by atoms with Crippen molar-refractivity contribution >= 4 is 105 Å². The minimum absolute atomic E-state index is 0. The molecule has 8 aromatic rings. The number of thiazole rings is 4. The van der Waals surface area contributed by atoms with E-state index in [1.165, 1.54) is 44.3 Å². The number of rotatable bonds is 34. The number of urea groups is 2. The Morgan fingerprint density at radius 1 is 0.531 bits per heavy atom. The van der Waals surface area contributed by atoms with Gasteiger partial charge in [-0.3, -0.25) is 19.6 Å². The SMILES string of the molecule is CC(C)c1nc(CN(C)C(=O)NCCC(=O)C[C@H](CC[C@H](Cc2ccccc2)NC(=O)OCc2cncs2)Cc2ccccc2)cs1.CC(C)c1nc(CN(C)C(=O)NCCC(=O)O)cs1.I.N[C@H](CC[C@H](Cc1ccccc1)NC(=O)OCc1cncs1)Cc1ccccc1. The van der Waals surface area contributed by atoms with Crippen molar-refractivity contribution < 1.29 is 43.3 Å². The smallest absolute Gasteiger partial charge is 0.407 e. The normalized spacial score (nSPS) is 12.0. The third kappa shape index (κ3) is 31.9. The maximum Gasteiger partial charge on any atom is 0.407 e. The van der Waals surface area contributed by atoms with Crippen LogP contribution in [-0.4, -0.2) is 116 Å². The number of alkyl carbamates (subject to hydrolysis) is 2. The van der Waals surface area contributed by atoms with Crippen molar-refractivity contribution in [3.8, 4) is 0 Å². The number of carboxylic acid groups (broad SMARTS) is 1. The molecule has 0 aliphatic heterocycles. The Balaban J connectivity index is 0.000000288. The van der Waals surface area contributed by atoms with Crippen LogP contribution in [0.4, 0.5) is 19.2 Å². The van der Waals surface area contributed by atoms with E-state index < -0.39 is 18.2 Å². The number of carbonyl (C=O) groups excluding carboxylic acids is 5. The third-order valence-electron chi connectivity index (χ3n) is 14.9. The van der Waals surface area contributed by atoms with Gasteiger partial charge in [-0.25, -0.2) is 29.1 Å². The number of aromatic nitrogens is 4. The van der Waals surface area contributed by atoms with Crippen LogP contribution in [0.1, 0.15) is 138 Å². The van der Waals surface area contributed by atoms with Crippen LogP contribution in [0.3, 0.4) is 0 Å². The van der Waals surface area contributed by atoms with E-state index in [1.807, 2.05) is 95.7 Å². The summed E-state index contributed by atoms with van der Waals surface area (Å²) in [6.07, 6.45) is 9.13. The van der Waals surface area contributed by atoms with Gasteiger partial charge in [-0.15, -0.1) is 69.3 Å². The average molecular weight is 1500 g/mol. The molecular weight excluding hydrogens is 1410 g/mol. The van der Waals surface area contributed by atoms with Crippen molar-refractivity contribution in [2.24, 2.45) is 11.7 Å². The van der Waals surface area contributed by atoms with Crippen LogP contribution in [0.2, 0.25) is 0 Å². The first kappa shape index (κ1) is 79.0. The molecule has 8 rings (SSSR count). The zero-order chi connectivity index (χ0) is 68.2. The summed E-state index contributed by atoms with van der Waals surface area (Å²) in [5.74, 6) is -0.00741. The van der Waals surface area contributed by atoms with Gasteiger partial charge in [-0.05, 0) is 79.5 Å². The van der Waals surface area contributed by atoms with E-state index in [9.17, 15) is 28.8 Å². The number of benzene rings is 4. The van der Waals surface area contributed by atoms with Crippen LogP contribution in [0.25, 0.3) is 0 Å². The second-order valence-corrected chi connectivity index (χ2v) is 27.5. The number of carbonyl (C=O) groups is 6. The number of nitrogens with one attached hydrogen (secondary N) is 4. The number of hydrogen-bond acceptors (Lipinski definition) is 17. The minimum Gasteiger partial charge on any atom is -0.481 e. The van der Waals surface area contributed by atoms with E-state index in [-0.39, 0.29) is 105 Å². The molecule has 0 saturated carbocycles. The molecule has 4 heterocycles. The molecule has 4 aromatic heterocycles. The summed E-state index contributed by atoms with van der Waals surface area (Å²) in [4.78, 5) is 94.9. The van der Waals surface area contributed by atoms with E-state index >= 15 is 0 Å². The zero-order valence-corrected chi connectivity index (χ0v) is 61.1. The summed E-state index contributed by atoms with van der Waals surface area (Å²) in [5, 5.41) is 26.0. The molecule has 4 aromatic carbocycles. The van der Waals surface area contributed by atoms with Gasteiger partial charge in [0, 0.05) is 93.1 Å². The largest absolute Gasteiger partial charge is 0.481 e. The van der Waals surface area contributed by atoms with Gasteiger partial charge in [0.05, 0.1) is 61.7 Å². The van der Waals surface area contributed by atoms with Crippen molar-refractivity contribution in [1.82, 2.24) is 51.0 Å². The maximum absolute atomic E-state index is 13.2. The predicted molar refractivity (Wildman–Crippen MR) is 393 cm³/mol. The predicted octanol–water partition coefficient (Wildman–Crippen LogP) is 14.2. The molecule has 0 radical (unpaired) electrons. The van der Waals surface area contributed by atoms with Crippen molar-refractivity contribution in [3.05, 3.63) is 209 Å². The van der Waals surface area contributed by atoms with Gasteiger partial charge >= 0.3 is 30.2 Å². The van der Waals surface area contributed by atoms with Crippen LogP contribution in [0.5, 0.6) is 0 Å². The van der Waals surface area contributed by atoms with Gasteiger partial charge in [0.15, 0.2) is 0 Å². The molecule has 0 unspecified atom stereocenters. The average Bonchev–Trinajstić information content (AvgIpc) is 2.11. The molecule has 0 fully saturated rings. The Hall–Kier alpha value is -7.69. The highest BCUT2D eigenvalue weighted by molar-refractivity contribution is 14.0. The Bertz CT molecular complexity index is 3480. The summed E-state index contributed by atoms with van der Waals surface area (Å²) in [7, 11) is 3.39. The fourth-order valence-electron chi connectivity index (χ4n) is 9.89. The lowest BCUT2D eigenvalue weighted by atomic mass is 9.87. The highest BCUT2D eigenvalue weighted by Gasteiger charge is 2.22. The quantitative estimate of drug-likeness (QED) is 0.0205. The number of ketones is 1. The molecule has 7 N–H and O–H groups in total. The second-order valence-electron chi connectivity index (χ2n) is 23.8. The molecule has 0 bridgehead atoms. The van der Waals surface area contributed by atoms with E-state index in [2.05, 4.69) is 105 Å². The summed E-state index contributed by atoms with van der Waals surface area (Å²) in [5.41, 5.74) is 16.2. The van der Waals surface area contributed by atoms with Crippen LogP contribution in [-0.2, 0) is 71.0 Å². The summed E-state index contributed by atoms with van der Waals surface area (Å²) in [6, 6.07) is 39.9.